The molecule has 2 N–H and O–H groups in total. The lowest BCUT2D eigenvalue weighted by atomic mass is 10.2. The molecule has 1 aliphatic rings. The second-order valence-electron chi connectivity index (χ2n) is 4.65. The summed E-state index contributed by atoms with van der Waals surface area (Å²) in [6.07, 6.45) is 2.71. The lowest BCUT2D eigenvalue weighted by Gasteiger charge is -2.21. The number of likely N-dealkylation sites (N-methyl/N-ethyl adjacent to an activating group) is 1. The van der Waals surface area contributed by atoms with Crippen molar-refractivity contribution in [3.63, 3.8) is 0 Å². The predicted molar refractivity (Wildman–Crippen MR) is 80.4 cm³/mol. The van der Waals surface area contributed by atoms with Crippen molar-refractivity contribution in [2.75, 3.05) is 37.4 Å². The number of nitrogen functional groups attached to an aromatic ring is 1. The lowest BCUT2D eigenvalue weighted by Crippen LogP contribution is -2.23. The molecule has 3 nitrogen and oxygen atoms in total. The average Bonchev–Trinajstić information content (AvgIpc) is 3.08. The van der Waals surface area contributed by atoms with Crippen LogP contribution in [0.15, 0.2) is 18.2 Å². The molecule has 4 heteroatoms. The molecular formula is C13H19IN2O. The maximum atomic E-state index is 5.74. The molecule has 0 unspecified atom stereocenters. The third-order valence-electron chi connectivity index (χ3n) is 3.00. The van der Waals surface area contributed by atoms with Gasteiger partial charge in [-0.05, 0) is 59.5 Å². The summed E-state index contributed by atoms with van der Waals surface area (Å²) in [4.78, 5) is 2.22. The first-order valence-corrected chi connectivity index (χ1v) is 7.08. The Hall–Kier alpha value is -0.490. The van der Waals surface area contributed by atoms with Crippen molar-refractivity contribution in [2.45, 2.75) is 12.8 Å². The van der Waals surface area contributed by atoms with Gasteiger partial charge in [0.2, 0.25) is 0 Å². The summed E-state index contributed by atoms with van der Waals surface area (Å²) in [5, 5.41) is 0. The van der Waals surface area contributed by atoms with Crippen LogP contribution in [0.25, 0.3) is 0 Å². The highest BCUT2D eigenvalue weighted by atomic mass is 127. The Balaban J connectivity index is 1.78. The van der Waals surface area contributed by atoms with Crippen LogP contribution in [0.5, 0.6) is 0 Å². The van der Waals surface area contributed by atoms with Crippen LogP contribution in [0.4, 0.5) is 11.4 Å². The molecule has 0 spiro atoms. The van der Waals surface area contributed by atoms with E-state index >= 15 is 0 Å². The number of halogens is 1. The highest BCUT2D eigenvalue weighted by molar-refractivity contribution is 14.1. The molecule has 1 aromatic rings. The van der Waals surface area contributed by atoms with Crippen molar-refractivity contribution in [1.82, 2.24) is 0 Å². The molecule has 0 aliphatic heterocycles. The number of rotatable bonds is 6. The summed E-state index contributed by atoms with van der Waals surface area (Å²) >= 11 is 2.32. The van der Waals surface area contributed by atoms with E-state index in [1.54, 1.807) is 0 Å². The van der Waals surface area contributed by atoms with Gasteiger partial charge in [-0.1, -0.05) is 0 Å². The molecule has 0 amide bonds. The second kappa shape index (κ2) is 5.91. The van der Waals surface area contributed by atoms with Crippen LogP contribution < -0.4 is 10.6 Å². The van der Waals surface area contributed by atoms with Crippen LogP contribution in [0.2, 0.25) is 0 Å². The summed E-state index contributed by atoms with van der Waals surface area (Å²) in [5.41, 5.74) is 7.78. The van der Waals surface area contributed by atoms with Gasteiger partial charge in [-0.25, -0.2) is 0 Å². The lowest BCUT2D eigenvalue weighted by molar-refractivity contribution is 0.131. The zero-order valence-electron chi connectivity index (χ0n) is 10.2. The molecule has 0 saturated heterocycles. The monoisotopic (exact) mass is 346 g/mol. The quantitative estimate of drug-likeness (QED) is 0.489. The second-order valence-corrected chi connectivity index (χ2v) is 5.81. The number of ether oxygens (including phenoxy) is 1. The first kappa shape index (κ1) is 13.0. The van der Waals surface area contributed by atoms with E-state index in [0.29, 0.717) is 0 Å². The molecule has 2 rings (SSSR count). The topological polar surface area (TPSA) is 38.5 Å². The van der Waals surface area contributed by atoms with Crippen LogP contribution >= 0.6 is 22.6 Å². The number of hydrogen-bond donors (Lipinski definition) is 1. The third kappa shape index (κ3) is 4.03. The molecule has 1 fully saturated rings. The van der Waals surface area contributed by atoms with Crippen molar-refractivity contribution >= 4 is 34.0 Å². The number of nitrogens with two attached hydrogens (primary N) is 1. The molecule has 0 aromatic heterocycles. The Morgan fingerprint density at radius 3 is 2.88 bits per heavy atom. The Morgan fingerprint density at radius 1 is 1.47 bits per heavy atom. The minimum absolute atomic E-state index is 0.799. The summed E-state index contributed by atoms with van der Waals surface area (Å²) in [5.74, 6) is 0.844. The van der Waals surface area contributed by atoms with E-state index in [1.165, 1.54) is 22.1 Å². The SMILES string of the molecule is CN(CCOCC1CC1)c1ccc(N)cc1I. The number of benzene rings is 1. The molecule has 1 saturated carbocycles. The van der Waals surface area contributed by atoms with Gasteiger partial charge < -0.3 is 15.4 Å². The van der Waals surface area contributed by atoms with E-state index in [4.69, 9.17) is 10.5 Å². The van der Waals surface area contributed by atoms with Crippen LogP contribution in [0, 0.1) is 9.49 Å². The van der Waals surface area contributed by atoms with Gasteiger partial charge in [0.25, 0.3) is 0 Å². The molecule has 1 aromatic carbocycles. The van der Waals surface area contributed by atoms with E-state index in [1.807, 2.05) is 12.1 Å². The highest BCUT2D eigenvalue weighted by Gasteiger charge is 2.21. The van der Waals surface area contributed by atoms with Crippen LogP contribution in [0.3, 0.4) is 0 Å². The van der Waals surface area contributed by atoms with Gasteiger partial charge in [-0.15, -0.1) is 0 Å². The molecule has 1 aliphatic carbocycles. The van der Waals surface area contributed by atoms with Gasteiger partial charge in [0, 0.05) is 29.5 Å². The van der Waals surface area contributed by atoms with Crippen molar-refractivity contribution in [2.24, 2.45) is 5.92 Å². The minimum Gasteiger partial charge on any atom is -0.399 e. The summed E-state index contributed by atoms with van der Waals surface area (Å²) < 4.78 is 6.83. The number of nitrogens with zero attached hydrogens (tertiary/aromatic N) is 1. The van der Waals surface area contributed by atoms with E-state index in [-0.39, 0.29) is 0 Å². The summed E-state index contributed by atoms with van der Waals surface area (Å²) in [6, 6.07) is 6.01. The van der Waals surface area contributed by atoms with E-state index < -0.39 is 0 Å². The zero-order valence-corrected chi connectivity index (χ0v) is 12.3. The summed E-state index contributed by atoms with van der Waals surface area (Å²) in [6.45, 7) is 2.66. The van der Waals surface area contributed by atoms with Gasteiger partial charge in [-0.3, -0.25) is 0 Å². The Labute approximate surface area is 116 Å². The largest absolute Gasteiger partial charge is 0.399 e. The van der Waals surface area contributed by atoms with Crippen molar-refractivity contribution in [3.8, 4) is 0 Å². The summed E-state index contributed by atoms with van der Waals surface area (Å²) in [7, 11) is 2.09. The molecular weight excluding hydrogens is 327 g/mol. The van der Waals surface area contributed by atoms with Crippen molar-refractivity contribution in [3.05, 3.63) is 21.8 Å². The first-order chi connectivity index (χ1) is 8.16. The third-order valence-corrected chi connectivity index (χ3v) is 3.87. The van der Waals surface area contributed by atoms with Crippen LogP contribution in [-0.2, 0) is 4.74 Å². The van der Waals surface area contributed by atoms with E-state index in [2.05, 4.69) is 40.6 Å². The van der Waals surface area contributed by atoms with Crippen molar-refractivity contribution in [1.29, 1.82) is 0 Å². The number of anilines is 2. The Bertz CT molecular complexity index is 380. The molecule has 0 heterocycles. The van der Waals surface area contributed by atoms with Crippen molar-refractivity contribution < 1.29 is 4.74 Å². The van der Waals surface area contributed by atoms with Crippen LogP contribution in [0.1, 0.15) is 12.8 Å². The molecule has 0 bridgehead atoms. The fourth-order valence-electron chi connectivity index (χ4n) is 1.69. The predicted octanol–water partition coefficient (Wildman–Crippen LogP) is 2.74. The fraction of sp³-hybridized carbons (Fsp3) is 0.538. The van der Waals surface area contributed by atoms with Gasteiger partial charge in [0.1, 0.15) is 0 Å². The Kier molecular flexibility index (Phi) is 4.50. The smallest absolute Gasteiger partial charge is 0.0641 e. The average molecular weight is 346 g/mol. The highest BCUT2D eigenvalue weighted by Crippen LogP contribution is 2.28. The molecule has 17 heavy (non-hydrogen) atoms. The zero-order chi connectivity index (χ0) is 12.3. The maximum Gasteiger partial charge on any atom is 0.0641 e. The minimum atomic E-state index is 0.799. The molecule has 0 radical (unpaired) electrons. The fourth-order valence-corrected chi connectivity index (χ4v) is 2.64. The number of hydrogen-bond acceptors (Lipinski definition) is 3. The van der Waals surface area contributed by atoms with Crippen LogP contribution in [-0.4, -0.2) is 26.8 Å². The van der Waals surface area contributed by atoms with Gasteiger partial charge in [0.05, 0.1) is 12.3 Å². The van der Waals surface area contributed by atoms with E-state index in [0.717, 1.165) is 31.4 Å². The Morgan fingerprint density at radius 2 is 2.24 bits per heavy atom. The van der Waals surface area contributed by atoms with E-state index in [9.17, 15) is 0 Å². The molecule has 94 valence electrons. The molecule has 0 atom stereocenters. The maximum absolute atomic E-state index is 5.74. The normalized spacial score (nSPS) is 14.9. The van der Waals surface area contributed by atoms with Gasteiger partial charge in [-0.2, -0.15) is 0 Å². The standard InChI is InChI=1S/C13H19IN2O/c1-16(6-7-17-9-10-2-3-10)13-5-4-11(15)8-12(13)14/h4-5,8,10H,2-3,6-7,9,15H2,1H3. The van der Waals surface area contributed by atoms with Gasteiger partial charge >= 0.3 is 0 Å². The first-order valence-electron chi connectivity index (χ1n) is 6.00. The van der Waals surface area contributed by atoms with Gasteiger partial charge in [0.15, 0.2) is 0 Å².